The van der Waals surface area contributed by atoms with Gasteiger partial charge in [0, 0.05) is 30.8 Å². The second kappa shape index (κ2) is 11.5. The second-order valence-electron chi connectivity index (χ2n) is 3.34. The Labute approximate surface area is 124 Å². The molecule has 0 aliphatic carbocycles. The molecule has 0 spiro atoms. The molecule has 2 aromatic rings. The van der Waals surface area contributed by atoms with Gasteiger partial charge >= 0.3 is 0 Å². The van der Waals surface area contributed by atoms with Crippen LogP contribution in [0.2, 0.25) is 0 Å². The minimum atomic E-state index is 0.719. The Morgan fingerprint density at radius 2 is 1.75 bits per heavy atom. The van der Waals surface area contributed by atoms with Crippen molar-refractivity contribution >= 4 is 12.0 Å². The summed E-state index contributed by atoms with van der Waals surface area (Å²) in [7, 11) is 0. The Morgan fingerprint density at radius 3 is 2.10 bits per heavy atom. The number of hydrogen-bond acceptors (Lipinski definition) is 6. The number of nitrogens with two attached hydrogens (primary N) is 1. The predicted molar refractivity (Wildman–Crippen MR) is 82.6 cm³/mol. The quantitative estimate of drug-likeness (QED) is 0.523. The zero-order valence-electron chi connectivity index (χ0n) is 12.5. The van der Waals surface area contributed by atoms with Gasteiger partial charge in [-0.1, -0.05) is 44.2 Å². The number of aryl methyl sites for hydroxylation is 2. The van der Waals surface area contributed by atoms with Crippen molar-refractivity contribution in [2.75, 3.05) is 6.26 Å². The fourth-order valence-electron chi connectivity index (χ4n) is 1.43. The molecule has 2 rings (SSSR count). The van der Waals surface area contributed by atoms with E-state index >= 15 is 0 Å². The predicted octanol–water partition coefficient (Wildman–Crippen LogP) is 4.07. The van der Waals surface area contributed by atoms with Gasteiger partial charge in [0.2, 0.25) is 0 Å². The van der Waals surface area contributed by atoms with Gasteiger partial charge in [0.25, 0.3) is 0 Å². The molecule has 0 aliphatic heterocycles. The Bertz CT molecular complexity index is 459. The Hall–Kier alpha value is -1.34. The molecule has 0 saturated heterocycles. The molecular formula is C14H22N2O3S. The zero-order chi connectivity index (χ0) is 15.4. The second-order valence-corrected chi connectivity index (χ2v) is 3.81. The van der Waals surface area contributed by atoms with Crippen molar-refractivity contribution in [1.82, 2.24) is 4.98 Å². The average Bonchev–Trinajstić information content (AvgIpc) is 2.82. The van der Waals surface area contributed by atoms with Crippen molar-refractivity contribution in [2.45, 2.75) is 27.7 Å². The van der Waals surface area contributed by atoms with Crippen LogP contribution in [0.1, 0.15) is 25.4 Å². The molecule has 6 heteroatoms. The van der Waals surface area contributed by atoms with Gasteiger partial charge in [-0.05, 0) is 6.92 Å². The van der Waals surface area contributed by atoms with E-state index in [1.54, 1.807) is 6.26 Å². The van der Waals surface area contributed by atoms with Crippen LogP contribution in [-0.2, 0) is 9.32 Å². The maximum absolute atomic E-state index is 5.49. The van der Waals surface area contributed by atoms with Gasteiger partial charge in [-0.3, -0.25) is 0 Å². The first-order valence-electron chi connectivity index (χ1n) is 6.24. The molecule has 0 radical (unpaired) electrons. The van der Waals surface area contributed by atoms with Gasteiger partial charge < -0.3 is 4.42 Å². The highest BCUT2D eigenvalue weighted by Crippen LogP contribution is 2.23. The summed E-state index contributed by atoms with van der Waals surface area (Å²) >= 11 is 1.05. The van der Waals surface area contributed by atoms with Crippen molar-refractivity contribution in [2.24, 2.45) is 5.90 Å². The number of rotatable bonds is 3. The average molecular weight is 298 g/mol. The van der Waals surface area contributed by atoms with E-state index in [0.717, 1.165) is 35.0 Å². The lowest BCUT2D eigenvalue weighted by Gasteiger charge is -1.95. The third-order valence-electron chi connectivity index (χ3n) is 2.05. The molecule has 2 N–H and O–H groups in total. The van der Waals surface area contributed by atoms with Crippen LogP contribution in [0.4, 0.5) is 0 Å². The summed E-state index contributed by atoms with van der Waals surface area (Å²) in [6, 6.07) is 10.0. The minimum Gasteiger partial charge on any atom is -0.441 e. The molecule has 0 aliphatic rings. The van der Waals surface area contributed by atoms with E-state index in [-0.39, 0.29) is 0 Å². The van der Waals surface area contributed by atoms with Crippen molar-refractivity contribution in [3.05, 3.63) is 41.9 Å². The van der Waals surface area contributed by atoms with Crippen LogP contribution >= 0.6 is 12.0 Å². The van der Waals surface area contributed by atoms with Crippen LogP contribution in [-0.4, -0.2) is 11.2 Å². The number of nitrogens with zero attached hydrogens (tertiary/aromatic N) is 1. The van der Waals surface area contributed by atoms with E-state index in [0.29, 0.717) is 0 Å². The Balaban J connectivity index is 0.000000441. The number of benzene rings is 1. The smallest absolute Gasteiger partial charge is 0.192 e. The van der Waals surface area contributed by atoms with Crippen molar-refractivity contribution in [3.63, 3.8) is 0 Å². The maximum atomic E-state index is 5.49. The van der Waals surface area contributed by atoms with Gasteiger partial charge in [0.1, 0.15) is 0 Å². The lowest BCUT2D eigenvalue weighted by atomic mass is 10.1. The van der Waals surface area contributed by atoms with E-state index in [1.807, 2.05) is 58.0 Å². The molecular weight excluding hydrogens is 276 g/mol. The fraction of sp³-hybridized carbons (Fsp3) is 0.357. The highest BCUT2D eigenvalue weighted by molar-refractivity contribution is 7.93. The van der Waals surface area contributed by atoms with E-state index in [2.05, 4.69) is 20.2 Å². The van der Waals surface area contributed by atoms with Crippen LogP contribution in [0.15, 0.2) is 34.7 Å². The Kier molecular flexibility index (Phi) is 10.7. The lowest BCUT2D eigenvalue weighted by Crippen LogP contribution is -1.92. The van der Waals surface area contributed by atoms with E-state index in [9.17, 15) is 0 Å². The lowest BCUT2D eigenvalue weighted by molar-refractivity contribution is -0.194. The molecule has 20 heavy (non-hydrogen) atoms. The van der Waals surface area contributed by atoms with Gasteiger partial charge in [-0.15, -0.1) is 9.32 Å². The number of oxazole rings is 1. The maximum Gasteiger partial charge on any atom is 0.192 e. The highest BCUT2D eigenvalue weighted by Gasteiger charge is 2.07. The first-order valence-corrected chi connectivity index (χ1v) is 7.39. The van der Waals surface area contributed by atoms with Crippen LogP contribution in [0.5, 0.6) is 0 Å². The normalized spacial score (nSPS) is 9.10. The summed E-state index contributed by atoms with van der Waals surface area (Å²) in [4.78, 5) is 7.87. The summed E-state index contributed by atoms with van der Waals surface area (Å²) in [5.74, 6) is 5.99. The molecule has 0 amide bonds. The molecule has 0 saturated carbocycles. The van der Waals surface area contributed by atoms with E-state index in [1.165, 1.54) is 0 Å². The van der Waals surface area contributed by atoms with Crippen molar-refractivity contribution < 1.29 is 13.7 Å². The third-order valence-corrected chi connectivity index (χ3v) is 2.26. The fourth-order valence-corrected chi connectivity index (χ4v) is 1.51. The van der Waals surface area contributed by atoms with Crippen LogP contribution in [0.3, 0.4) is 0 Å². The van der Waals surface area contributed by atoms with Crippen LogP contribution in [0.25, 0.3) is 11.3 Å². The molecule has 0 fully saturated rings. The third kappa shape index (κ3) is 6.72. The summed E-state index contributed by atoms with van der Waals surface area (Å²) in [5, 5.41) is 0. The summed E-state index contributed by atoms with van der Waals surface area (Å²) in [5.41, 5.74) is 2.03. The largest absolute Gasteiger partial charge is 0.441 e. The molecule has 5 nitrogen and oxygen atoms in total. The molecule has 0 unspecified atom stereocenters. The molecule has 1 heterocycles. The van der Waals surface area contributed by atoms with Gasteiger partial charge in [0.15, 0.2) is 11.7 Å². The molecule has 1 aromatic carbocycles. The SMILES string of the molecule is CC.CSOON.Cc1nc(C)c(-c2ccccc2)o1. The van der Waals surface area contributed by atoms with E-state index in [4.69, 9.17) is 4.42 Å². The highest BCUT2D eigenvalue weighted by atomic mass is 32.2. The molecule has 112 valence electrons. The zero-order valence-corrected chi connectivity index (χ0v) is 13.4. The summed E-state index contributed by atoms with van der Waals surface area (Å²) in [6.07, 6.45) is 1.70. The molecule has 1 aromatic heterocycles. The molecule has 0 atom stereocenters. The van der Waals surface area contributed by atoms with Crippen molar-refractivity contribution in [1.29, 1.82) is 0 Å². The van der Waals surface area contributed by atoms with Gasteiger partial charge in [0.05, 0.1) is 5.69 Å². The first kappa shape index (κ1) is 18.7. The Morgan fingerprint density at radius 1 is 1.15 bits per heavy atom. The standard InChI is InChI=1S/C11H11NO.C2H6.CH5NO2S/c1-8-11(13-9(2)12-8)10-6-4-3-5-7-10;1-2;1-5-4-3-2/h3-7H,1-2H3;1-2H3;2H2,1H3. The monoisotopic (exact) mass is 298 g/mol. The molecule has 0 bridgehead atoms. The van der Waals surface area contributed by atoms with E-state index < -0.39 is 0 Å². The summed E-state index contributed by atoms with van der Waals surface area (Å²) in [6.45, 7) is 7.82. The van der Waals surface area contributed by atoms with Gasteiger partial charge in [-0.2, -0.15) is 5.90 Å². The van der Waals surface area contributed by atoms with Crippen LogP contribution < -0.4 is 5.90 Å². The van der Waals surface area contributed by atoms with Crippen LogP contribution in [0, 0.1) is 13.8 Å². The number of hydrogen-bond donors (Lipinski definition) is 1. The minimum absolute atomic E-state index is 0.719. The topological polar surface area (TPSA) is 70.5 Å². The summed E-state index contributed by atoms with van der Waals surface area (Å²) < 4.78 is 9.52. The first-order chi connectivity index (χ1) is 9.69. The van der Waals surface area contributed by atoms with Crippen molar-refractivity contribution in [3.8, 4) is 11.3 Å². The number of aromatic nitrogens is 1. The van der Waals surface area contributed by atoms with Gasteiger partial charge in [-0.25, -0.2) is 4.98 Å².